The van der Waals surface area contributed by atoms with Gasteiger partial charge in [0.15, 0.2) is 0 Å². The molecule has 19 heavy (non-hydrogen) atoms. The van der Waals surface area contributed by atoms with E-state index in [4.69, 9.17) is 0 Å². The Bertz CT molecular complexity index is 271. The summed E-state index contributed by atoms with van der Waals surface area (Å²) in [6, 6.07) is 0. The van der Waals surface area contributed by atoms with E-state index in [0.29, 0.717) is 5.92 Å². The van der Waals surface area contributed by atoms with Crippen LogP contribution in [-0.4, -0.2) is 50.1 Å². The lowest BCUT2D eigenvalue weighted by Gasteiger charge is -2.29. The summed E-state index contributed by atoms with van der Waals surface area (Å²) in [5.41, 5.74) is 0. The van der Waals surface area contributed by atoms with Crippen LogP contribution in [0.25, 0.3) is 0 Å². The number of carbonyl (C=O) groups excluding carboxylic acids is 1. The average Bonchev–Trinajstić information content (AvgIpc) is 2.47. The molecule has 2 aliphatic heterocycles. The molecule has 4 nitrogen and oxygen atoms in total. The third-order valence-corrected chi connectivity index (χ3v) is 4.31. The molecule has 0 aromatic rings. The summed E-state index contributed by atoms with van der Waals surface area (Å²) in [6.45, 7) is 8.60. The number of hydrogen-bond acceptors (Lipinski definition) is 3. The van der Waals surface area contributed by atoms with Crippen LogP contribution in [-0.2, 0) is 4.79 Å². The van der Waals surface area contributed by atoms with Gasteiger partial charge in [-0.15, -0.1) is 0 Å². The predicted octanol–water partition coefficient (Wildman–Crippen LogP) is 1.22. The molecule has 0 aromatic carbocycles. The Morgan fingerprint density at radius 3 is 2.79 bits per heavy atom. The third kappa shape index (κ3) is 5.11. The number of likely N-dealkylation sites (tertiary alicyclic amines) is 1. The maximum Gasteiger partial charge on any atom is 0.224 e. The molecule has 2 atom stereocenters. The highest BCUT2D eigenvalue weighted by molar-refractivity contribution is 5.78. The molecule has 2 saturated heterocycles. The van der Waals surface area contributed by atoms with Crippen LogP contribution in [0.3, 0.4) is 0 Å². The van der Waals surface area contributed by atoms with Crippen molar-refractivity contribution in [2.75, 3.05) is 39.3 Å². The topological polar surface area (TPSA) is 44.4 Å². The van der Waals surface area contributed by atoms with E-state index in [-0.39, 0.29) is 11.8 Å². The second-order valence-electron chi connectivity index (χ2n) is 6.25. The zero-order valence-corrected chi connectivity index (χ0v) is 12.3. The average molecular weight is 267 g/mol. The highest BCUT2D eigenvalue weighted by atomic mass is 16.1. The summed E-state index contributed by atoms with van der Waals surface area (Å²) < 4.78 is 0. The van der Waals surface area contributed by atoms with Crippen molar-refractivity contribution in [1.29, 1.82) is 0 Å². The Hall–Kier alpha value is -0.610. The first-order valence-electron chi connectivity index (χ1n) is 7.96. The first-order chi connectivity index (χ1) is 9.25. The van der Waals surface area contributed by atoms with Crippen LogP contribution in [0.1, 0.15) is 39.0 Å². The Morgan fingerprint density at radius 2 is 2.11 bits per heavy atom. The number of hydrogen-bond donors (Lipinski definition) is 2. The molecule has 0 radical (unpaired) electrons. The highest BCUT2D eigenvalue weighted by Crippen LogP contribution is 2.12. The molecule has 110 valence electrons. The Kier molecular flexibility index (Phi) is 6.11. The lowest BCUT2D eigenvalue weighted by Crippen LogP contribution is -2.43. The lowest BCUT2D eigenvalue weighted by molar-refractivity contribution is -0.125. The second-order valence-corrected chi connectivity index (χ2v) is 6.25. The summed E-state index contributed by atoms with van der Waals surface area (Å²) in [7, 11) is 0. The fourth-order valence-electron chi connectivity index (χ4n) is 3.14. The minimum absolute atomic E-state index is 0.191. The summed E-state index contributed by atoms with van der Waals surface area (Å²) >= 11 is 0. The molecule has 0 aromatic heterocycles. The number of carbonyl (C=O) groups is 1. The summed E-state index contributed by atoms with van der Waals surface area (Å²) in [5.74, 6) is 0.993. The zero-order valence-electron chi connectivity index (χ0n) is 12.3. The molecule has 4 heteroatoms. The molecule has 0 spiro atoms. The van der Waals surface area contributed by atoms with Crippen LogP contribution in [0.4, 0.5) is 0 Å². The number of nitrogens with zero attached hydrogens (tertiary/aromatic N) is 1. The van der Waals surface area contributed by atoms with Crippen LogP contribution in [0, 0.1) is 11.8 Å². The van der Waals surface area contributed by atoms with Gasteiger partial charge in [-0.25, -0.2) is 0 Å². The van der Waals surface area contributed by atoms with Gasteiger partial charge in [0.05, 0.1) is 5.92 Å². The van der Waals surface area contributed by atoms with E-state index in [2.05, 4.69) is 22.5 Å². The van der Waals surface area contributed by atoms with E-state index in [1.165, 1.54) is 32.4 Å². The number of nitrogens with one attached hydrogen (secondary N) is 2. The van der Waals surface area contributed by atoms with Crippen LogP contribution in [0.15, 0.2) is 0 Å². The van der Waals surface area contributed by atoms with Crippen molar-refractivity contribution in [3.05, 3.63) is 0 Å². The molecule has 0 bridgehead atoms. The van der Waals surface area contributed by atoms with Crippen molar-refractivity contribution in [1.82, 2.24) is 15.5 Å². The van der Waals surface area contributed by atoms with Gasteiger partial charge < -0.3 is 15.5 Å². The van der Waals surface area contributed by atoms with E-state index in [1.54, 1.807) is 0 Å². The van der Waals surface area contributed by atoms with E-state index < -0.39 is 0 Å². The van der Waals surface area contributed by atoms with Gasteiger partial charge in [0.1, 0.15) is 0 Å². The smallest absolute Gasteiger partial charge is 0.224 e. The fourth-order valence-corrected chi connectivity index (χ4v) is 3.14. The zero-order chi connectivity index (χ0) is 13.5. The van der Waals surface area contributed by atoms with E-state index in [0.717, 1.165) is 39.0 Å². The van der Waals surface area contributed by atoms with Gasteiger partial charge in [-0.2, -0.15) is 0 Å². The second kappa shape index (κ2) is 7.85. The number of piperidine rings is 2. The van der Waals surface area contributed by atoms with Crippen molar-refractivity contribution in [2.24, 2.45) is 11.8 Å². The number of rotatable bonds is 5. The SMILES string of the molecule is CC(CNC(=O)[C@H]1CCCNC1)CN1CCCCC1. The molecule has 2 fully saturated rings. The van der Waals surface area contributed by atoms with Gasteiger partial charge in [0.25, 0.3) is 0 Å². The monoisotopic (exact) mass is 267 g/mol. The van der Waals surface area contributed by atoms with E-state index >= 15 is 0 Å². The molecule has 2 N–H and O–H groups in total. The normalized spacial score (nSPS) is 26.9. The van der Waals surface area contributed by atoms with Gasteiger partial charge >= 0.3 is 0 Å². The fraction of sp³-hybridized carbons (Fsp3) is 0.933. The van der Waals surface area contributed by atoms with Gasteiger partial charge in [-0.3, -0.25) is 4.79 Å². The maximum absolute atomic E-state index is 12.0. The first-order valence-corrected chi connectivity index (χ1v) is 7.96. The highest BCUT2D eigenvalue weighted by Gasteiger charge is 2.21. The molecular formula is C15H29N3O. The Labute approximate surface area is 117 Å². The van der Waals surface area contributed by atoms with Crippen molar-refractivity contribution >= 4 is 5.91 Å². The van der Waals surface area contributed by atoms with Crippen LogP contribution in [0.5, 0.6) is 0 Å². The van der Waals surface area contributed by atoms with E-state index in [1.807, 2.05) is 0 Å². The lowest BCUT2D eigenvalue weighted by atomic mass is 9.98. The maximum atomic E-state index is 12.0. The standard InChI is InChI=1S/C15H29N3O/c1-13(12-18-8-3-2-4-9-18)10-17-15(19)14-6-5-7-16-11-14/h13-14,16H,2-12H2,1H3,(H,17,19)/t13?,14-/m0/s1. The largest absolute Gasteiger partial charge is 0.356 e. The summed E-state index contributed by atoms with van der Waals surface area (Å²) in [4.78, 5) is 14.6. The van der Waals surface area contributed by atoms with Gasteiger partial charge in [-0.1, -0.05) is 13.3 Å². The van der Waals surface area contributed by atoms with Crippen LogP contribution >= 0.6 is 0 Å². The van der Waals surface area contributed by atoms with Gasteiger partial charge in [0.2, 0.25) is 5.91 Å². The molecule has 0 aliphatic carbocycles. The summed E-state index contributed by atoms with van der Waals surface area (Å²) in [6.07, 6.45) is 6.23. The molecule has 2 heterocycles. The number of amides is 1. The third-order valence-electron chi connectivity index (χ3n) is 4.31. The van der Waals surface area contributed by atoms with Crippen molar-refractivity contribution in [3.8, 4) is 0 Å². The van der Waals surface area contributed by atoms with Crippen molar-refractivity contribution in [2.45, 2.75) is 39.0 Å². The Morgan fingerprint density at radius 1 is 1.32 bits per heavy atom. The first kappa shape index (κ1) is 14.8. The molecule has 2 aliphatic rings. The minimum atomic E-state index is 0.191. The van der Waals surface area contributed by atoms with Crippen molar-refractivity contribution < 1.29 is 4.79 Å². The summed E-state index contributed by atoms with van der Waals surface area (Å²) in [5, 5.41) is 6.44. The molecule has 2 rings (SSSR count). The molecule has 1 amide bonds. The quantitative estimate of drug-likeness (QED) is 0.787. The van der Waals surface area contributed by atoms with Crippen molar-refractivity contribution in [3.63, 3.8) is 0 Å². The van der Waals surface area contributed by atoms with Crippen LogP contribution in [0.2, 0.25) is 0 Å². The predicted molar refractivity (Wildman–Crippen MR) is 78.1 cm³/mol. The minimum Gasteiger partial charge on any atom is -0.356 e. The molecule has 0 saturated carbocycles. The van der Waals surface area contributed by atoms with Crippen LogP contribution < -0.4 is 10.6 Å². The van der Waals surface area contributed by atoms with Gasteiger partial charge in [0, 0.05) is 19.6 Å². The Balaban J connectivity index is 1.61. The molecular weight excluding hydrogens is 238 g/mol. The van der Waals surface area contributed by atoms with E-state index in [9.17, 15) is 4.79 Å². The van der Waals surface area contributed by atoms with Gasteiger partial charge in [-0.05, 0) is 51.2 Å². The molecule has 1 unspecified atom stereocenters.